The first kappa shape index (κ1) is 26.2. The molecule has 0 radical (unpaired) electrons. The van der Waals surface area contributed by atoms with Crippen molar-refractivity contribution in [3.05, 3.63) is 51.5 Å². The van der Waals surface area contributed by atoms with E-state index in [0.717, 1.165) is 5.69 Å². The third kappa shape index (κ3) is 4.67. The first-order valence-corrected chi connectivity index (χ1v) is 13.3. The molecule has 1 aromatic carbocycles. The highest BCUT2D eigenvalue weighted by molar-refractivity contribution is 6.06. The summed E-state index contributed by atoms with van der Waals surface area (Å²) in [5, 5.41) is 6.18. The summed E-state index contributed by atoms with van der Waals surface area (Å²) in [4.78, 5) is 41.9. The summed E-state index contributed by atoms with van der Waals surface area (Å²) in [5.74, 6) is -3.26. The Morgan fingerprint density at radius 1 is 1.18 bits per heavy atom. The van der Waals surface area contributed by atoms with Gasteiger partial charge in [-0.15, -0.1) is 0 Å². The standard InChI is InChI=1S/C27H29F3N8O2/c1-3-38-24-21-19(31-14-32-24)10-16(22(28)23(21)35-26(38)40)13-36-6-8-37(9-7-36)20-5-4-18(33-15(20)2)25(39)34-17-11-27(29,30)12-17/h4-5,10,14,17H,3,6-9,11-13H2,1-2H3,(H,31,32)(H,34,39). The minimum Gasteiger partial charge on any atom is -0.368 e. The number of nitrogens with one attached hydrogen (secondary N) is 2. The van der Waals surface area contributed by atoms with Gasteiger partial charge < -0.3 is 15.5 Å². The van der Waals surface area contributed by atoms with Crippen LogP contribution in [0.25, 0.3) is 10.9 Å². The van der Waals surface area contributed by atoms with Crippen molar-refractivity contribution in [1.82, 2.24) is 24.8 Å². The summed E-state index contributed by atoms with van der Waals surface area (Å²) in [7, 11) is 0. The maximum absolute atomic E-state index is 15.6. The minimum absolute atomic E-state index is 0.0250. The average molecular weight is 555 g/mol. The highest BCUT2D eigenvalue weighted by atomic mass is 19.3. The van der Waals surface area contributed by atoms with E-state index in [-0.39, 0.29) is 24.1 Å². The number of aryl methyl sites for hydroxylation is 1. The molecular weight excluding hydrogens is 525 g/mol. The van der Waals surface area contributed by atoms with E-state index in [2.05, 4.69) is 35.4 Å². The van der Waals surface area contributed by atoms with Gasteiger partial charge in [0.05, 0.1) is 28.8 Å². The molecule has 40 heavy (non-hydrogen) atoms. The number of pyridine rings is 1. The molecule has 1 saturated heterocycles. The van der Waals surface area contributed by atoms with Crippen LogP contribution in [0.15, 0.2) is 28.0 Å². The van der Waals surface area contributed by atoms with E-state index >= 15 is 4.39 Å². The van der Waals surface area contributed by atoms with Crippen LogP contribution in [0.5, 0.6) is 0 Å². The lowest BCUT2D eigenvalue weighted by Crippen LogP contribution is -2.50. The van der Waals surface area contributed by atoms with E-state index in [1.807, 2.05) is 19.9 Å². The van der Waals surface area contributed by atoms with Crippen molar-refractivity contribution in [3.8, 4) is 0 Å². The molecule has 2 N–H and O–H groups in total. The Kier molecular flexibility index (Phi) is 6.48. The lowest BCUT2D eigenvalue weighted by Gasteiger charge is -2.37. The van der Waals surface area contributed by atoms with E-state index in [1.54, 1.807) is 12.1 Å². The molecule has 0 atom stereocenters. The predicted molar refractivity (Wildman–Crippen MR) is 145 cm³/mol. The molecule has 1 aliphatic carbocycles. The molecule has 0 unspecified atom stereocenters. The molecule has 10 nitrogen and oxygen atoms in total. The number of amides is 1. The number of aliphatic imine (C=N–C) groups is 1. The van der Waals surface area contributed by atoms with E-state index < -0.39 is 29.4 Å². The molecule has 3 aromatic rings. The summed E-state index contributed by atoms with van der Waals surface area (Å²) in [6, 6.07) is 4.67. The summed E-state index contributed by atoms with van der Waals surface area (Å²) in [6.07, 6.45) is 0.816. The monoisotopic (exact) mass is 554 g/mol. The smallest absolute Gasteiger partial charge is 0.349 e. The number of carbonyl (C=O) groups excluding carboxylic acids is 1. The molecule has 1 saturated carbocycles. The van der Waals surface area contributed by atoms with Gasteiger partial charge in [0, 0.05) is 63.7 Å². The van der Waals surface area contributed by atoms with Crippen LogP contribution < -0.4 is 21.2 Å². The molecule has 3 aliphatic rings. The second kappa shape index (κ2) is 9.88. The Labute approximate surface area is 227 Å². The molecule has 0 bridgehead atoms. The van der Waals surface area contributed by atoms with Crippen molar-refractivity contribution in [2.24, 2.45) is 4.99 Å². The SMILES string of the molecule is CCn1c2c3c(cc(CN4CCN(c5ccc(C(=O)NC6CC(F)(F)C6)nc5C)CC4)c(F)c3nc1=O)NC=N2. The predicted octanol–water partition coefficient (Wildman–Crippen LogP) is 3.19. The number of rotatable bonds is 6. The summed E-state index contributed by atoms with van der Waals surface area (Å²) in [5.41, 5.74) is 2.37. The van der Waals surface area contributed by atoms with Crippen LogP contribution in [0, 0.1) is 12.7 Å². The zero-order chi connectivity index (χ0) is 28.2. The second-order valence-corrected chi connectivity index (χ2v) is 10.5. The van der Waals surface area contributed by atoms with Crippen molar-refractivity contribution >= 4 is 40.3 Å². The van der Waals surface area contributed by atoms with Crippen molar-refractivity contribution in [1.29, 1.82) is 0 Å². The summed E-state index contributed by atoms with van der Waals surface area (Å²) >= 11 is 0. The van der Waals surface area contributed by atoms with E-state index in [4.69, 9.17) is 0 Å². The maximum atomic E-state index is 15.6. The van der Waals surface area contributed by atoms with Crippen LogP contribution in [0.3, 0.4) is 0 Å². The lowest BCUT2D eigenvalue weighted by atomic mass is 9.88. The Morgan fingerprint density at radius 2 is 1.93 bits per heavy atom. The number of nitrogens with zero attached hydrogens (tertiary/aromatic N) is 6. The topological polar surface area (TPSA) is 108 Å². The summed E-state index contributed by atoms with van der Waals surface area (Å²) in [6.45, 7) is 7.03. The van der Waals surface area contributed by atoms with Crippen molar-refractivity contribution < 1.29 is 18.0 Å². The minimum atomic E-state index is -2.70. The van der Waals surface area contributed by atoms with Gasteiger partial charge in [-0.1, -0.05) is 0 Å². The molecule has 0 spiro atoms. The molecule has 2 aliphatic heterocycles. The van der Waals surface area contributed by atoms with E-state index in [0.29, 0.717) is 67.4 Å². The Balaban J connectivity index is 1.13. The van der Waals surface area contributed by atoms with Crippen LogP contribution >= 0.6 is 0 Å². The quantitative estimate of drug-likeness (QED) is 0.482. The van der Waals surface area contributed by atoms with E-state index in [9.17, 15) is 18.4 Å². The number of halogens is 3. The molecule has 2 fully saturated rings. The largest absolute Gasteiger partial charge is 0.368 e. The van der Waals surface area contributed by atoms with Gasteiger partial charge in [-0.25, -0.2) is 27.9 Å². The third-order valence-electron chi connectivity index (χ3n) is 7.78. The number of carbonyl (C=O) groups is 1. The number of hydrogen-bond donors (Lipinski definition) is 2. The van der Waals surface area contributed by atoms with Crippen molar-refractivity contribution in [2.75, 3.05) is 36.4 Å². The van der Waals surface area contributed by atoms with Gasteiger partial charge in [-0.05, 0) is 32.0 Å². The number of piperazine rings is 1. The fraction of sp³-hybridized carbons (Fsp3) is 0.444. The third-order valence-corrected chi connectivity index (χ3v) is 7.78. The van der Waals surface area contributed by atoms with Gasteiger partial charge in [0.2, 0.25) is 0 Å². The second-order valence-electron chi connectivity index (χ2n) is 10.5. The van der Waals surface area contributed by atoms with Crippen LogP contribution in [-0.4, -0.2) is 69.8 Å². The number of hydrogen-bond acceptors (Lipinski definition) is 8. The van der Waals surface area contributed by atoms with Crippen molar-refractivity contribution in [3.63, 3.8) is 0 Å². The molecule has 4 heterocycles. The number of aromatic nitrogens is 3. The first-order valence-electron chi connectivity index (χ1n) is 13.3. The molecule has 1 amide bonds. The molecule has 210 valence electrons. The van der Waals surface area contributed by atoms with Crippen LogP contribution in [-0.2, 0) is 13.1 Å². The average Bonchev–Trinajstić information content (AvgIpc) is 2.91. The zero-order valence-corrected chi connectivity index (χ0v) is 22.2. The van der Waals surface area contributed by atoms with Crippen LogP contribution in [0.2, 0.25) is 0 Å². The van der Waals surface area contributed by atoms with Gasteiger partial charge in [0.25, 0.3) is 11.8 Å². The number of benzene rings is 1. The van der Waals surface area contributed by atoms with Gasteiger partial charge in [0.15, 0.2) is 5.82 Å². The molecular formula is C27H29F3N8O2. The van der Waals surface area contributed by atoms with Gasteiger partial charge in [-0.3, -0.25) is 14.3 Å². The molecule has 6 rings (SSSR count). The van der Waals surface area contributed by atoms with Gasteiger partial charge in [-0.2, -0.15) is 4.98 Å². The zero-order valence-electron chi connectivity index (χ0n) is 22.2. The summed E-state index contributed by atoms with van der Waals surface area (Å²) < 4.78 is 43.2. The molecule has 13 heteroatoms. The maximum Gasteiger partial charge on any atom is 0.349 e. The number of alkyl halides is 2. The Morgan fingerprint density at radius 3 is 2.60 bits per heavy atom. The van der Waals surface area contributed by atoms with Gasteiger partial charge >= 0.3 is 5.69 Å². The Bertz CT molecular complexity index is 1590. The fourth-order valence-corrected chi connectivity index (χ4v) is 5.65. The first-order chi connectivity index (χ1) is 19.1. The van der Waals surface area contributed by atoms with Gasteiger partial charge in [0.1, 0.15) is 17.0 Å². The number of anilines is 2. The fourth-order valence-electron chi connectivity index (χ4n) is 5.65. The van der Waals surface area contributed by atoms with Crippen LogP contribution in [0.4, 0.5) is 30.4 Å². The highest BCUT2D eigenvalue weighted by Crippen LogP contribution is 2.38. The van der Waals surface area contributed by atoms with Crippen molar-refractivity contribution in [2.45, 2.75) is 51.7 Å². The lowest BCUT2D eigenvalue weighted by molar-refractivity contribution is -0.0901. The molecule has 2 aromatic heterocycles. The highest BCUT2D eigenvalue weighted by Gasteiger charge is 2.46. The van der Waals surface area contributed by atoms with E-state index in [1.165, 1.54) is 10.9 Å². The normalized spacial score (nSPS) is 18.5. The van der Waals surface area contributed by atoms with Crippen LogP contribution in [0.1, 0.15) is 41.5 Å². The Hall–Kier alpha value is -4.00.